The summed E-state index contributed by atoms with van der Waals surface area (Å²) in [5, 5.41) is 12.1. The van der Waals surface area contributed by atoms with Gasteiger partial charge in [-0.25, -0.2) is 5.48 Å². The number of rotatable bonds is 8. The van der Waals surface area contributed by atoms with Gasteiger partial charge in [0.15, 0.2) is 0 Å². The third-order valence-electron chi connectivity index (χ3n) is 3.87. The molecule has 0 bridgehead atoms. The van der Waals surface area contributed by atoms with Gasteiger partial charge in [-0.3, -0.25) is 14.8 Å². The van der Waals surface area contributed by atoms with Crippen molar-refractivity contribution in [3.05, 3.63) is 59.1 Å². The van der Waals surface area contributed by atoms with Crippen LogP contribution in [0.4, 0.5) is 0 Å². The van der Waals surface area contributed by atoms with Crippen LogP contribution in [0.25, 0.3) is 11.1 Å². The minimum absolute atomic E-state index is 0.0836. The van der Waals surface area contributed by atoms with E-state index >= 15 is 0 Å². The molecule has 0 heterocycles. The van der Waals surface area contributed by atoms with Crippen LogP contribution in [0.15, 0.2) is 48.5 Å². The molecule has 0 aliphatic rings. The Hall–Kier alpha value is -2.41. The van der Waals surface area contributed by atoms with Gasteiger partial charge >= 0.3 is 0 Å². The maximum atomic E-state index is 12.4. The molecular weight excluding hydrogens is 356 g/mol. The number of ether oxygens (including phenoxy) is 1. The van der Waals surface area contributed by atoms with E-state index in [0.717, 1.165) is 11.1 Å². The van der Waals surface area contributed by atoms with Gasteiger partial charge in [0.2, 0.25) is 5.91 Å². The second-order valence-corrected chi connectivity index (χ2v) is 6.22. The lowest BCUT2D eigenvalue weighted by Crippen LogP contribution is -2.39. The van der Waals surface area contributed by atoms with E-state index < -0.39 is 5.91 Å². The molecule has 138 valence electrons. The van der Waals surface area contributed by atoms with Crippen molar-refractivity contribution < 1.29 is 19.5 Å². The first-order valence-corrected chi connectivity index (χ1v) is 8.50. The Bertz CT molecular complexity index is 732. The summed E-state index contributed by atoms with van der Waals surface area (Å²) in [5.41, 5.74) is 4.07. The number of amides is 2. The van der Waals surface area contributed by atoms with Gasteiger partial charge < -0.3 is 10.1 Å². The molecule has 0 aliphatic carbocycles. The smallest absolute Gasteiger partial charge is 0.251 e. The summed E-state index contributed by atoms with van der Waals surface area (Å²) in [6.45, 7) is 0.271. The van der Waals surface area contributed by atoms with Crippen molar-refractivity contribution in [3.8, 4) is 11.1 Å². The summed E-state index contributed by atoms with van der Waals surface area (Å²) in [6, 6.07) is 14.3. The molecule has 0 spiro atoms. The molecular formula is C19H21ClN2O4. The summed E-state index contributed by atoms with van der Waals surface area (Å²) in [5.74, 6) is -0.758. The van der Waals surface area contributed by atoms with Crippen LogP contribution in [0, 0.1) is 0 Å². The summed E-state index contributed by atoms with van der Waals surface area (Å²) < 4.78 is 5.07. The predicted octanol–water partition coefficient (Wildman–Crippen LogP) is 3.04. The number of nitrogens with one attached hydrogen (secondary N) is 2. The number of benzene rings is 2. The molecule has 2 aromatic carbocycles. The zero-order chi connectivity index (χ0) is 18.9. The third kappa shape index (κ3) is 5.84. The highest BCUT2D eigenvalue weighted by Gasteiger charge is 2.15. The maximum Gasteiger partial charge on any atom is 0.251 e. The lowest BCUT2D eigenvalue weighted by molar-refractivity contribution is -0.129. The molecule has 0 fully saturated rings. The lowest BCUT2D eigenvalue weighted by atomic mass is 10.0. The Morgan fingerprint density at radius 1 is 1.08 bits per heavy atom. The van der Waals surface area contributed by atoms with Crippen LogP contribution in [-0.4, -0.2) is 36.8 Å². The van der Waals surface area contributed by atoms with E-state index in [0.29, 0.717) is 17.0 Å². The number of hydroxylamine groups is 1. The molecule has 7 heteroatoms. The zero-order valence-corrected chi connectivity index (χ0v) is 15.1. The number of halogens is 1. The Balaban J connectivity index is 2.01. The molecule has 26 heavy (non-hydrogen) atoms. The van der Waals surface area contributed by atoms with Gasteiger partial charge in [-0.1, -0.05) is 35.9 Å². The van der Waals surface area contributed by atoms with Crippen molar-refractivity contribution >= 4 is 23.4 Å². The maximum absolute atomic E-state index is 12.4. The largest absolute Gasteiger partial charge is 0.383 e. The fraction of sp³-hybridized carbons (Fsp3) is 0.263. The average Bonchev–Trinajstić information content (AvgIpc) is 2.66. The van der Waals surface area contributed by atoms with E-state index in [2.05, 4.69) is 5.32 Å². The van der Waals surface area contributed by atoms with Crippen LogP contribution in [0.2, 0.25) is 5.02 Å². The van der Waals surface area contributed by atoms with Crippen molar-refractivity contribution in [1.82, 2.24) is 10.8 Å². The molecule has 2 rings (SSSR count). The van der Waals surface area contributed by atoms with Crippen molar-refractivity contribution in [2.75, 3.05) is 13.7 Å². The average molecular weight is 377 g/mol. The third-order valence-corrected chi connectivity index (χ3v) is 4.12. The quantitative estimate of drug-likeness (QED) is 0.488. The van der Waals surface area contributed by atoms with Gasteiger partial charge in [0.1, 0.15) is 0 Å². The van der Waals surface area contributed by atoms with E-state index in [4.69, 9.17) is 21.5 Å². The van der Waals surface area contributed by atoms with Gasteiger partial charge in [-0.15, -0.1) is 0 Å². The summed E-state index contributed by atoms with van der Waals surface area (Å²) >= 11 is 5.89. The molecule has 3 N–H and O–H groups in total. The van der Waals surface area contributed by atoms with Crippen molar-refractivity contribution in [1.29, 1.82) is 0 Å². The highest BCUT2D eigenvalue weighted by molar-refractivity contribution is 6.30. The fourth-order valence-electron chi connectivity index (χ4n) is 2.48. The van der Waals surface area contributed by atoms with Gasteiger partial charge in [-0.2, -0.15) is 0 Å². The van der Waals surface area contributed by atoms with Gasteiger partial charge in [-0.05, 0) is 41.8 Å². The van der Waals surface area contributed by atoms with Gasteiger partial charge in [0.05, 0.1) is 12.6 Å². The van der Waals surface area contributed by atoms with E-state index in [1.807, 2.05) is 36.4 Å². The number of methoxy groups -OCH3 is 1. The summed E-state index contributed by atoms with van der Waals surface area (Å²) in [6.07, 6.45) is 0.440. The van der Waals surface area contributed by atoms with Crippen LogP contribution >= 0.6 is 11.6 Å². The van der Waals surface area contributed by atoms with E-state index in [1.54, 1.807) is 17.6 Å². The number of carbonyl (C=O) groups excluding carboxylic acids is 2. The van der Waals surface area contributed by atoms with Crippen LogP contribution in [0.3, 0.4) is 0 Å². The predicted molar refractivity (Wildman–Crippen MR) is 99.2 cm³/mol. The Morgan fingerprint density at radius 2 is 1.65 bits per heavy atom. The topological polar surface area (TPSA) is 87.7 Å². The molecule has 6 nitrogen and oxygen atoms in total. The monoisotopic (exact) mass is 376 g/mol. The van der Waals surface area contributed by atoms with Crippen LogP contribution in [-0.2, 0) is 9.53 Å². The zero-order valence-electron chi connectivity index (χ0n) is 14.4. The van der Waals surface area contributed by atoms with Gasteiger partial charge in [0, 0.05) is 24.1 Å². The molecule has 1 unspecified atom stereocenters. The summed E-state index contributed by atoms with van der Waals surface area (Å²) in [7, 11) is 1.52. The number of hydrogen-bond acceptors (Lipinski definition) is 4. The standard InChI is InChI=1S/C19H21ClN2O4/c1-26-12-17(10-11-18(23)22-25)21-19(24)15-4-2-13(3-5-15)14-6-8-16(20)9-7-14/h2-9,17,25H,10-12H2,1H3,(H,21,24)(H,22,23). The summed E-state index contributed by atoms with van der Waals surface area (Å²) in [4.78, 5) is 23.5. The van der Waals surface area contributed by atoms with E-state index in [9.17, 15) is 9.59 Å². The second kappa shape index (κ2) is 9.91. The molecule has 0 saturated heterocycles. The van der Waals surface area contributed by atoms with Gasteiger partial charge in [0.25, 0.3) is 5.91 Å². The van der Waals surface area contributed by atoms with Crippen molar-refractivity contribution in [2.45, 2.75) is 18.9 Å². The minimum atomic E-state index is -0.507. The van der Waals surface area contributed by atoms with Crippen LogP contribution in [0.5, 0.6) is 0 Å². The molecule has 2 aromatic rings. The molecule has 0 aromatic heterocycles. The second-order valence-electron chi connectivity index (χ2n) is 5.78. The molecule has 2 amide bonds. The van der Waals surface area contributed by atoms with Crippen LogP contribution < -0.4 is 10.8 Å². The number of carbonyl (C=O) groups is 2. The Kier molecular flexibility index (Phi) is 7.59. The number of hydrogen-bond donors (Lipinski definition) is 3. The van der Waals surface area contributed by atoms with E-state index in [1.165, 1.54) is 7.11 Å². The fourth-order valence-corrected chi connectivity index (χ4v) is 2.61. The first kappa shape index (κ1) is 19.9. The van der Waals surface area contributed by atoms with Crippen LogP contribution in [0.1, 0.15) is 23.2 Å². The Labute approximate surface area is 157 Å². The Morgan fingerprint density at radius 3 is 2.19 bits per heavy atom. The molecule has 0 aliphatic heterocycles. The van der Waals surface area contributed by atoms with Crippen molar-refractivity contribution in [2.24, 2.45) is 0 Å². The normalized spacial score (nSPS) is 11.7. The van der Waals surface area contributed by atoms with E-state index in [-0.39, 0.29) is 25.0 Å². The molecule has 0 radical (unpaired) electrons. The molecule has 1 atom stereocenters. The van der Waals surface area contributed by atoms with Crippen molar-refractivity contribution in [3.63, 3.8) is 0 Å². The lowest BCUT2D eigenvalue weighted by Gasteiger charge is -2.17. The highest BCUT2D eigenvalue weighted by Crippen LogP contribution is 2.22. The minimum Gasteiger partial charge on any atom is -0.383 e. The highest BCUT2D eigenvalue weighted by atomic mass is 35.5. The SMILES string of the molecule is COCC(CCC(=O)NO)NC(=O)c1ccc(-c2ccc(Cl)cc2)cc1. The first-order valence-electron chi connectivity index (χ1n) is 8.12. The first-order chi connectivity index (χ1) is 12.5. The molecule has 0 saturated carbocycles.